The number of carbonyl (C=O) groups excluding carboxylic acids is 1. The van der Waals surface area contributed by atoms with E-state index in [2.05, 4.69) is 9.46 Å². The highest BCUT2D eigenvalue weighted by Gasteiger charge is 2.22. The van der Waals surface area contributed by atoms with Crippen LogP contribution in [-0.2, 0) is 14.8 Å². The van der Waals surface area contributed by atoms with Crippen LogP contribution in [0.15, 0.2) is 41.3 Å². The van der Waals surface area contributed by atoms with E-state index in [9.17, 15) is 13.2 Å². The third-order valence-corrected chi connectivity index (χ3v) is 5.14. The van der Waals surface area contributed by atoms with E-state index in [1.54, 1.807) is 12.1 Å². The highest BCUT2D eigenvalue weighted by atomic mass is 35.5. The van der Waals surface area contributed by atoms with Crippen molar-refractivity contribution in [1.29, 1.82) is 0 Å². The van der Waals surface area contributed by atoms with Crippen LogP contribution in [-0.4, -0.2) is 21.5 Å². The van der Waals surface area contributed by atoms with Crippen molar-refractivity contribution in [2.24, 2.45) is 0 Å². The number of hydrogen-bond acceptors (Lipinski definition) is 4. The van der Waals surface area contributed by atoms with E-state index in [4.69, 9.17) is 23.2 Å². The standard InChI is InChI=1S/C15H13Cl2NO4S/c1-9-3-5-10(6-4-9)23(20,21)18-14-12(16)8-7-11(13(14)17)15(19)22-2/h3-8,18H,1-2H3. The molecule has 8 heteroatoms. The molecule has 1 N–H and O–H groups in total. The van der Waals surface area contributed by atoms with Crippen LogP contribution < -0.4 is 4.72 Å². The molecule has 5 nitrogen and oxygen atoms in total. The van der Waals surface area contributed by atoms with Crippen molar-refractivity contribution in [3.63, 3.8) is 0 Å². The molecule has 0 saturated carbocycles. The van der Waals surface area contributed by atoms with Crippen LogP contribution in [0.2, 0.25) is 10.0 Å². The van der Waals surface area contributed by atoms with Crippen LogP contribution in [0.25, 0.3) is 0 Å². The zero-order valence-corrected chi connectivity index (χ0v) is 14.6. The van der Waals surface area contributed by atoms with E-state index in [-0.39, 0.29) is 26.2 Å². The minimum Gasteiger partial charge on any atom is -0.465 e. The first-order chi connectivity index (χ1) is 10.8. The fourth-order valence-electron chi connectivity index (χ4n) is 1.82. The van der Waals surface area contributed by atoms with Gasteiger partial charge in [-0.05, 0) is 31.2 Å². The maximum atomic E-state index is 12.4. The number of carbonyl (C=O) groups is 1. The van der Waals surface area contributed by atoms with E-state index in [0.29, 0.717) is 0 Å². The highest BCUT2D eigenvalue weighted by Crippen LogP contribution is 2.35. The molecule has 0 saturated heterocycles. The zero-order chi connectivity index (χ0) is 17.2. The number of nitrogens with one attached hydrogen (secondary N) is 1. The number of aryl methyl sites for hydroxylation is 1. The van der Waals surface area contributed by atoms with Crippen molar-refractivity contribution in [3.05, 3.63) is 57.6 Å². The van der Waals surface area contributed by atoms with Gasteiger partial charge in [-0.3, -0.25) is 4.72 Å². The molecule has 23 heavy (non-hydrogen) atoms. The topological polar surface area (TPSA) is 72.5 Å². The van der Waals surface area contributed by atoms with Crippen LogP contribution in [0.5, 0.6) is 0 Å². The summed E-state index contributed by atoms with van der Waals surface area (Å²) in [6, 6.07) is 8.99. The van der Waals surface area contributed by atoms with Crippen LogP contribution >= 0.6 is 23.2 Å². The molecule has 0 heterocycles. The minimum atomic E-state index is -3.90. The van der Waals surface area contributed by atoms with Crippen LogP contribution in [0.4, 0.5) is 5.69 Å². The average molecular weight is 374 g/mol. The number of hydrogen-bond donors (Lipinski definition) is 1. The van der Waals surface area contributed by atoms with E-state index >= 15 is 0 Å². The summed E-state index contributed by atoms with van der Waals surface area (Å²) < 4.78 is 31.8. The number of halogens is 2. The molecule has 2 aromatic rings. The lowest BCUT2D eigenvalue weighted by Crippen LogP contribution is -2.14. The fraction of sp³-hybridized carbons (Fsp3) is 0.133. The Bertz CT molecular complexity index is 849. The Labute approximate surface area is 144 Å². The van der Waals surface area contributed by atoms with Crippen molar-refractivity contribution in [2.45, 2.75) is 11.8 Å². The van der Waals surface area contributed by atoms with Gasteiger partial charge in [0, 0.05) is 0 Å². The molecular formula is C15H13Cl2NO4S. The van der Waals surface area contributed by atoms with Gasteiger partial charge in [-0.1, -0.05) is 40.9 Å². The van der Waals surface area contributed by atoms with E-state index in [1.807, 2.05) is 6.92 Å². The number of esters is 1. The second-order valence-electron chi connectivity index (χ2n) is 4.69. The van der Waals surface area contributed by atoms with Crippen LogP contribution in [0.1, 0.15) is 15.9 Å². The first-order valence-corrected chi connectivity index (χ1v) is 8.66. The number of anilines is 1. The molecule has 0 aromatic heterocycles. The summed E-state index contributed by atoms with van der Waals surface area (Å²) in [5, 5.41) is -0.0571. The summed E-state index contributed by atoms with van der Waals surface area (Å²) in [6.45, 7) is 1.84. The molecule has 122 valence electrons. The Morgan fingerprint density at radius 2 is 1.70 bits per heavy atom. The molecule has 0 spiro atoms. The maximum Gasteiger partial charge on any atom is 0.339 e. The number of rotatable bonds is 4. The van der Waals surface area contributed by atoms with Gasteiger partial charge in [-0.15, -0.1) is 0 Å². The third-order valence-electron chi connectivity index (χ3n) is 3.06. The summed E-state index contributed by atoms with van der Waals surface area (Å²) in [5.41, 5.74) is 0.865. The van der Waals surface area contributed by atoms with Gasteiger partial charge in [0.05, 0.1) is 33.3 Å². The van der Waals surface area contributed by atoms with Gasteiger partial charge in [0.25, 0.3) is 10.0 Å². The van der Waals surface area contributed by atoms with Gasteiger partial charge < -0.3 is 4.74 Å². The van der Waals surface area contributed by atoms with E-state index < -0.39 is 16.0 Å². The molecule has 2 rings (SSSR count). The molecule has 0 aliphatic rings. The molecule has 0 aliphatic heterocycles. The monoisotopic (exact) mass is 373 g/mol. The Morgan fingerprint density at radius 3 is 2.26 bits per heavy atom. The molecule has 0 unspecified atom stereocenters. The first kappa shape index (κ1) is 17.6. The van der Waals surface area contributed by atoms with E-state index in [0.717, 1.165) is 5.56 Å². The molecule has 2 aromatic carbocycles. The Morgan fingerprint density at radius 1 is 1.09 bits per heavy atom. The van der Waals surface area contributed by atoms with Crippen LogP contribution in [0, 0.1) is 6.92 Å². The summed E-state index contributed by atoms with van der Waals surface area (Å²) in [6.07, 6.45) is 0. The molecule has 0 aliphatic carbocycles. The number of methoxy groups -OCH3 is 1. The highest BCUT2D eigenvalue weighted by molar-refractivity contribution is 7.92. The summed E-state index contributed by atoms with van der Waals surface area (Å²) in [4.78, 5) is 11.7. The van der Waals surface area contributed by atoms with Crippen molar-refractivity contribution < 1.29 is 17.9 Å². The average Bonchev–Trinajstić information content (AvgIpc) is 2.51. The minimum absolute atomic E-state index is 0.0140. The molecule has 0 atom stereocenters. The lowest BCUT2D eigenvalue weighted by Gasteiger charge is -2.13. The molecule has 0 amide bonds. The second-order valence-corrected chi connectivity index (χ2v) is 7.16. The van der Waals surface area contributed by atoms with Gasteiger partial charge in [0.2, 0.25) is 0 Å². The summed E-state index contributed by atoms with van der Waals surface area (Å²) >= 11 is 12.1. The molecular weight excluding hydrogens is 361 g/mol. The second kappa shape index (κ2) is 6.78. The maximum absolute atomic E-state index is 12.4. The molecule has 0 radical (unpaired) electrons. The largest absolute Gasteiger partial charge is 0.465 e. The predicted molar refractivity (Wildman–Crippen MR) is 89.8 cm³/mol. The van der Waals surface area contributed by atoms with Crippen molar-refractivity contribution >= 4 is 44.9 Å². The first-order valence-electron chi connectivity index (χ1n) is 6.42. The van der Waals surface area contributed by atoms with Gasteiger partial charge >= 0.3 is 5.97 Å². The van der Waals surface area contributed by atoms with Crippen molar-refractivity contribution in [1.82, 2.24) is 0 Å². The number of benzene rings is 2. The lowest BCUT2D eigenvalue weighted by atomic mass is 10.2. The zero-order valence-electron chi connectivity index (χ0n) is 12.3. The van der Waals surface area contributed by atoms with Gasteiger partial charge in [-0.25, -0.2) is 13.2 Å². The SMILES string of the molecule is COC(=O)c1ccc(Cl)c(NS(=O)(=O)c2ccc(C)cc2)c1Cl. The Kier molecular flexibility index (Phi) is 5.19. The van der Waals surface area contributed by atoms with Crippen molar-refractivity contribution in [3.8, 4) is 0 Å². The molecule has 0 fully saturated rings. The van der Waals surface area contributed by atoms with Crippen LogP contribution in [0.3, 0.4) is 0 Å². The quantitative estimate of drug-likeness (QED) is 0.825. The summed E-state index contributed by atoms with van der Waals surface area (Å²) in [5.74, 6) is -0.692. The predicted octanol–water partition coefficient (Wildman–Crippen LogP) is 3.89. The van der Waals surface area contributed by atoms with Crippen molar-refractivity contribution in [2.75, 3.05) is 11.8 Å². The van der Waals surface area contributed by atoms with E-state index in [1.165, 1.54) is 31.4 Å². The fourth-order valence-corrected chi connectivity index (χ4v) is 3.57. The van der Waals surface area contributed by atoms with Gasteiger partial charge in [-0.2, -0.15) is 0 Å². The Hall–Kier alpha value is -1.76. The number of sulfonamides is 1. The smallest absolute Gasteiger partial charge is 0.339 e. The van der Waals surface area contributed by atoms with Gasteiger partial charge in [0.1, 0.15) is 0 Å². The molecule has 0 bridgehead atoms. The third kappa shape index (κ3) is 3.77. The normalized spacial score (nSPS) is 11.1. The Balaban J connectivity index is 2.47. The van der Waals surface area contributed by atoms with Gasteiger partial charge in [0.15, 0.2) is 0 Å². The lowest BCUT2D eigenvalue weighted by molar-refractivity contribution is 0.0601. The number of ether oxygens (including phenoxy) is 1. The summed E-state index contributed by atoms with van der Waals surface area (Å²) in [7, 11) is -2.70.